The minimum atomic E-state index is -0.512. The van der Waals surface area contributed by atoms with E-state index in [1.54, 1.807) is 24.3 Å². The largest absolute Gasteiger partial charge is 0.332 e. The van der Waals surface area contributed by atoms with Crippen molar-refractivity contribution in [2.75, 3.05) is 5.32 Å². The van der Waals surface area contributed by atoms with Gasteiger partial charge in [-0.3, -0.25) is 23.5 Å². The van der Waals surface area contributed by atoms with E-state index in [1.165, 1.54) is 36.5 Å². The number of fused-ring (bicyclic) bond motifs is 1. The van der Waals surface area contributed by atoms with Crippen LogP contribution in [0.3, 0.4) is 0 Å². The van der Waals surface area contributed by atoms with Gasteiger partial charge in [-0.2, -0.15) is 0 Å². The Morgan fingerprint density at radius 2 is 1.73 bits per heavy atom. The zero-order valence-corrected chi connectivity index (χ0v) is 14.5. The van der Waals surface area contributed by atoms with Crippen LogP contribution in [-0.2, 0) is 25.4 Å². The number of Topliss-reactive ketones (excluding diaryl/α,β-unsaturated/α-hetero) is 1. The second-order valence-electron chi connectivity index (χ2n) is 5.93. The number of nitrogens with zero attached hydrogens (tertiary/aromatic N) is 4. The summed E-state index contributed by atoms with van der Waals surface area (Å²) in [4.78, 5) is 51.8. The summed E-state index contributed by atoms with van der Waals surface area (Å²) in [6, 6.07) is 6.51. The van der Waals surface area contributed by atoms with Crippen molar-refractivity contribution in [2.24, 2.45) is 14.1 Å². The number of ketones is 1. The number of imidazole rings is 1. The van der Waals surface area contributed by atoms with Crippen LogP contribution in [0.15, 0.2) is 40.2 Å². The van der Waals surface area contributed by atoms with E-state index >= 15 is 0 Å². The van der Waals surface area contributed by atoms with E-state index in [0.29, 0.717) is 11.3 Å². The van der Waals surface area contributed by atoms with E-state index < -0.39 is 11.2 Å². The maximum Gasteiger partial charge on any atom is 0.332 e. The van der Waals surface area contributed by atoms with Crippen LogP contribution >= 0.6 is 0 Å². The van der Waals surface area contributed by atoms with Crippen LogP contribution < -0.4 is 16.6 Å². The molecule has 0 aliphatic rings. The monoisotopic (exact) mass is 355 g/mol. The molecule has 1 amide bonds. The van der Waals surface area contributed by atoms with Crippen LogP contribution in [0.4, 0.5) is 5.69 Å². The van der Waals surface area contributed by atoms with E-state index in [1.807, 2.05) is 0 Å². The van der Waals surface area contributed by atoms with Crippen molar-refractivity contribution in [1.29, 1.82) is 0 Å². The zero-order chi connectivity index (χ0) is 19.0. The van der Waals surface area contributed by atoms with Gasteiger partial charge in [0.1, 0.15) is 12.2 Å². The highest BCUT2D eigenvalue weighted by Crippen LogP contribution is 2.11. The number of hydrogen-bond donors (Lipinski definition) is 1. The number of aromatic nitrogens is 4. The first kappa shape index (κ1) is 17.3. The molecule has 0 spiro atoms. The van der Waals surface area contributed by atoms with E-state index in [0.717, 1.165) is 4.57 Å². The molecule has 1 aromatic carbocycles. The molecule has 0 atom stereocenters. The van der Waals surface area contributed by atoms with Gasteiger partial charge in [0, 0.05) is 25.3 Å². The fourth-order valence-corrected chi connectivity index (χ4v) is 2.70. The van der Waals surface area contributed by atoms with Crippen LogP contribution in [0.5, 0.6) is 0 Å². The summed E-state index contributed by atoms with van der Waals surface area (Å²) in [6.07, 6.45) is 1.35. The fraction of sp³-hybridized carbons (Fsp3) is 0.235. The van der Waals surface area contributed by atoms with Gasteiger partial charge < -0.3 is 9.88 Å². The van der Waals surface area contributed by atoms with Gasteiger partial charge in [0.25, 0.3) is 5.56 Å². The number of hydrogen-bond acceptors (Lipinski definition) is 5. The Labute approximate surface area is 147 Å². The van der Waals surface area contributed by atoms with Gasteiger partial charge in [0.15, 0.2) is 11.3 Å². The summed E-state index contributed by atoms with van der Waals surface area (Å²) in [5, 5.41) is 2.70. The van der Waals surface area contributed by atoms with E-state index in [-0.39, 0.29) is 29.4 Å². The van der Waals surface area contributed by atoms with Gasteiger partial charge in [-0.15, -0.1) is 0 Å². The van der Waals surface area contributed by atoms with Crippen molar-refractivity contribution in [2.45, 2.75) is 13.5 Å². The van der Waals surface area contributed by atoms with Crippen molar-refractivity contribution in [3.05, 3.63) is 57.0 Å². The predicted molar refractivity (Wildman–Crippen MR) is 95.3 cm³/mol. The predicted octanol–water partition coefficient (Wildman–Crippen LogP) is 0.275. The third kappa shape index (κ3) is 2.94. The van der Waals surface area contributed by atoms with Crippen molar-refractivity contribution < 1.29 is 9.59 Å². The third-order valence-electron chi connectivity index (χ3n) is 4.10. The molecule has 3 rings (SSSR count). The summed E-state index contributed by atoms with van der Waals surface area (Å²) in [5.41, 5.74) is 0.476. The molecule has 9 heteroatoms. The van der Waals surface area contributed by atoms with Crippen LogP contribution in [0.2, 0.25) is 0 Å². The van der Waals surface area contributed by atoms with Gasteiger partial charge in [-0.1, -0.05) is 0 Å². The maximum absolute atomic E-state index is 12.3. The Hall–Kier alpha value is -3.49. The van der Waals surface area contributed by atoms with Crippen molar-refractivity contribution in [3.63, 3.8) is 0 Å². The number of nitrogens with one attached hydrogen (secondary N) is 1. The summed E-state index contributed by atoms with van der Waals surface area (Å²) >= 11 is 0. The molecule has 134 valence electrons. The molecule has 0 radical (unpaired) electrons. The van der Waals surface area contributed by atoms with Crippen LogP contribution in [0.1, 0.15) is 17.3 Å². The molecule has 1 N–H and O–H groups in total. The van der Waals surface area contributed by atoms with E-state index in [9.17, 15) is 19.2 Å². The lowest BCUT2D eigenvalue weighted by Gasteiger charge is -2.09. The molecule has 0 aliphatic carbocycles. The molecule has 0 aliphatic heterocycles. The topological polar surface area (TPSA) is 108 Å². The number of benzene rings is 1. The van der Waals surface area contributed by atoms with Crippen molar-refractivity contribution in [3.8, 4) is 0 Å². The standard InChI is InChI=1S/C17H17N5O4/c1-10(23)11-4-6-12(7-5-11)19-13(24)8-22-9-18-14-15(22)20(2)17(26)21(3)16(14)25/h4-7,9H,8H2,1-3H3,(H,19,24). The zero-order valence-electron chi connectivity index (χ0n) is 14.5. The van der Waals surface area contributed by atoms with Crippen molar-refractivity contribution in [1.82, 2.24) is 18.7 Å². The lowest BCUT2D eigenvalue weighted by Crippen LogP contribution is -2.37. The third-order valence-corrected chi connectivity index (χ3v) is 4.10. The Bertz CT molecular complexity index is 1130. The van der Waals surface area contributed by atoms with Gasteiger partial charge in [0.05, 0.1) is 6.33 Å². The van der Waals surface area contributed by atoms with Crippen LogP contribution in [-0.4, -0.2) is 30.4 Å². The van der Waals surface area contributed by atoms with Gasteiger partial charge in [0.2, 0.25) is 5.91 Å². The van der Waals surface area contributed by atoms with Crippen LogP contribution in [0.25, 0.3) is 11.2 Å². The number of amides is 1. The Kier molecular flexibility index (Phi) is 4.29. The molecule has 0 unspecified atom stereocenters. The quantitative estimate of drug-likeness (QED) is 0.676. The average molecular weight is 355 g/mol. The molecule has 2 aromatic heterocycles. The molecule has 3 aromatic rings. The highest BCUT2D eigenvalue weighted by Gasteiger charge is 2.15. The van der Waals surface area contributed by atoms with Crippen LogP contribution in [0, 0.1) is 0 Å². The molecular formula is C17H17N5O4. The number of rotatable bonds is 4. The van der Waals surface area contributed by atoms with Gasteiger partial charge in [-0.25, -0.2) is 9.78 Å². The SMILES string of the molecule is CC(=O)c1ccc(NC(=O)Cn2cnc3c(=O)n(C)c(=O)n(C)c32)cc1. The first-order chi connectivity index (χ1) is 12.3. The summed E-state index contributed by atoms with van der Waals surface area (Å²) in [6.45, 7) is 1.34. The Morgan fingerprint density at radius 1 is 1.08 bits per heavy atom. The molecular weight excluding hydrogens is 338 g/mol. The van der Waals surface area contributed by atoms with Crippen molar-refractivity contribution >= 4 is 28.5 Å². The normalized spacial score (nSPS) is 10.9. The Morgan fingerprint density at radius 3 is 2.35 bits per heavy atom. The number of carbonyl (C=O) groups is 2. The number of aryl methyl sites for hydroxylation is 1. The number of carbonyl (C=O) groups excluding carboxylic acids is 2. The second kappa shape index (κ2) is 6.43. The number of anilines is 1. The highest BCUT2D eigenvalue weighted by molar-refractivity contribution is 5.95. The highest BCUT2D eigenvalue weighted by atomic mass is 16.2. The molecule has 0 bridgehead atoms. The van der Waals surface area contributed by atoms with Gasteiger partial charge >= 0.3 is 5.69 Å². The minimum Gasteiger partial charge on any atom is -0.325 e. The van der Waals surface area contributed by atoms with E-state index in [4.69, 9.17) is 0 Å². The first-order valence-corrected chi connectivity index (χ1v) is 7.81. The molecule has 0 saturated carbocycles. The first-order valence-electron chi connectivity index (χ1n) is 7.81. The molecule has 0 fully saturated rings. The lowest BCUT2D eigenvalue weighted by atomic mass is 10.1. The molecule has 0 saturated heterocycles. The lowest BCUT2D eigenvalue weighted by molar-refractivity contribution is -0.116. The summed E-state index contributed by atoms with van der Waals surface area (Å²) < 4.78 is 3.69. The maximum atomic E-state index is 12.3. The van der Waals surface area contributed by atoms with E-state index in [2.05, 4.69) is 10.3 Å². The van der Waals surface area contributed by atoms with Gasteiger partial charge in [-0.05, 0) is 31.2 Å². The fourth-order valence-electron chi connectivity index (χ4n) is 2.70. The molecule has 2 heterocycles. The smallest absolute Gasteiger partial charge is 0.325 e. The average Bonchev–Trinajstić information content (AvgIpc) is 3.02. The summed E-state index contributed by atoms with van der Waals surface area (Å²) in [7, 11) is 2.89. The minimum absolute atomic E-state index is 0.0599. The summed E-state index contributed by atoms with van der Waals surface area (Å²) in [5.74, 6) is -0.414. The second-order valence-corrected chi connectivity index (χ2v) is 5.93. The molecule has 9 nitrogen and oxygen atoms in total. The molecule has 26 heavy (non-hydrogen) atoms. The Balaban J connectivity index is 1.87.